The average Bonchev–Trinajstić information content (AvgIpc) is 2.52. The van der Waals surface area contributed by atoms with E-state index in [1.54, 1.807) is 0 Å². The number of pyridine rings is 1. The smallest absolute Gasteiger partial charge is 0.419 e. The van der Waals surface area contributed by atoms with Crippen LogP contribution in [-0.2, 0) is 6.18 Å². The van der Waals surface area contributed by atoms with E-state index in [1.165, 1.54) is 12.3 Å². The number of hydrogen-bond acceptors (Lipinski definition) is 3. The van der Waals surface area contributed by atoms with Crippen LogP contribution in [-0.4, -0.2) is 18.1 Å². The Labute approximate surface area is 126 Å². The molecule has 0 saturated carbocycles. The van der Waals surface area contributed by atoms with Gasteiger partial charge in [0.15, 0.2) is 0 Å². The summed E-state index contributed by atoms with van der Waals surface area (Å²) in [5.41, 5.74) is 0.279. The molecule has 1 aromatic heterocycles. The molecule has 0 saturated heterocycles. The third kappa shape index (κ3) is 3.00. The minimum absolute atomic E-state index is 0.105. The highest BCUT2D eigenvalue weighted by atomic mass is 19.4. The van der Waals surface area contributed by atoms with E-state index in [-0.39, 0.29) is 11.7 Å². The Morgan fingerprint density at radius 1 is 1.18 bits per heavy atom. The molecular formula is C16H15F3N2O. The Morgan fingerprint density at radius 2 is 2.00 bits per heavy atom. The molecule has 6 heteroatoms. The quantitative estimate of drug-likeness (QED) is 0.928. The van der Waals surface area contributed by atoms with E-state index >= 15 is 0 Å². The molecule has 22 heavy (non-hydrogen) atoms. The van der Waals surface area contributed by atoms with E-state index in [0.29, 0.717) is 13.2 Å². The highest BCUT2D eigenvalue weighted by Crippen LogP contribution is 2.36. The molecular weight excluding hydrogens is 293 g/mol. The number of nitrogens with zero attached hydrogens (tertiary/aromatic N) is 1. The summed E-state index contributed by atoms with van der Waals surface area (Å²) in [4.78, 5) is 3.82. The van der Waals surface area contributed by atoms with Gasteiger partial charge in [0.05, 0.1) is 12.2 Å². The van der Waals surface area contributed by atoms with Crippen LogP contribution in [0.1, 0.15) is 23.5 Å². The predicted molar refractivity (Wildman–Crippen MR) is 77.0 cm³/mol. The zero-order chi connectivity index (χ0) is 15.6. The summed E-state index contributed by atoms with van der Waals surface area (Å²) in [7, 11) is 0. The molecule has 0 radical (unpaired) electrons. The van der Waals surface area contributed by atoms with Gasteiger partial charge < -0.3 is 10.1 Å². The van der Waals surface area contributed by atoms with E-state index in [0.717, 1.165) is 23.8 Å². The highest BCUT2D eigenvalue weighted by molar-refractivity contribution is 5.47. The van der Waals surface area contributed by atoms with E-state index < -0.39 is 11.7 Å². The van der Waals surface area contributed by atoms with Gasteiger partial charge in [-0.1, -0.05) is 18.2 Å². The number of benzene rings is 1. The number of hydrogen-bond donors (Lipinski definition) is 1. The monoisotopic (exact) mass is 308 g/mol. The van der Waals surface area contributed by atoms with Crippen molar-refractivity contribution >= 4 is 5.82 Å². The maximum atomic E-state index is 13.0. The fourth-order valence-electron chi connectivity index (χ4n) is 2.62. The van der Waals surface area contributed by atoms with Crippen LogP contribution in [0.15, 0.2) is 42.6 Å². The number of ether oxygens (including phenoxy) is 1. The van der Waals surface area contributed by atoms with Gasteiger partial charge in [0.25, 0.3) is 0 Å². The summed E-state index contributed by atoms with van der Waals surface area (Å²) >= 11 is 0. The lowest BCUT2D eigenvalue weighted by Crippen LogP contribution is -2.22. The molecule has 1 atom stereocenters. The molecule has 1 aliphatic rings. The lowest BCUT2D eigenvalue weighted by atomic mass is 9.93. The van der Waals surface area contributed by atoms with Crippen LogP contribution in [0, 0.1) is 0 Å². The number of halogens is 3. The van der Waals surface area contributed by atoms with Gasteiger partial charge in [-0.25, -0.2) is 4.98 Å². The van der Waals surface area contributed by atoms with Crippen molar-refractivity contribution in [3.05, 3.63) is 53.7 Å². The van der Waals surface area contributed by atoms with Crippen molar-refractivity contribution in [1.29, 1.82) is 0 Å². The Kier molecular flexibility index (Phi) is 3.92. The maximum Gasteiger partial charge on any atom is 0.419 e. The van der Waals surface area contributed by atoms with Crippen LogP contribution in [0.3, 0.4) is 0 Å². The first-order valence-electron chi connectivity index (χ1n) is 7.03. The van der Waals surface area contributed by atoms with Gasteiger partial charge >= 0.3 is 6.18 Å². The summed E-state index contributed by atoms with van der Waals surface area (Å²) in [5, 5.41) is 2.84. The molecule has 2 aromatic rings. The lowest BCUT2D eigenvalue weighted by Gasteiger charge is -2.26. The van der Waals surface area contributed by atoms with Gasteiger partial charge in [-0.05, 0) is 30.2 Å². The first-order valence-corrected chi connectivity index (χ1v) is 7.03. The van der Waals surface area contributed by atoms with Crippen molar-refractivity contribution in [3.63, 3.8) is 0 Å². The van der Waals surface area contributed by atoms with Crippen molar-refractivity contribution in [2.75, 3.05) is 18.5 Å². The maximum absolute atomic E-state index is 13.0. The van der Waals surface area contributed by atoms with Gasteiger partial charge in [0, 0.05) is 18.7 Å². The predicted octanol–water partition coefficient (Wildman–Crippen LogP) is 4.08. The van der Waals surface area contributed by atoms with Gasteiger partial charge in [-0.2, -0.15) is 13.2 Å². The summed E-state index contributed by atoms with van der Waals surface area (Å²) in [6.07, 6.45) is -2.29. The third-order valence-electron chi connectivity index (χ3n) is 3.71. The Morgan fingerprint density at radius 3 is 2.82 bits per heavy atom. The van der Waals surface area contributed by atoms with Crippen molar-refractivity contribution < 1.29 is 17.9 Å². The van der Waals surface area contributed by atoms with Crippen molar-refractivity contribution in [2.45, 2.75) is 18.5 Å². The molecule has 0 spiro atoms. The summed E-state index contributed by atoms with van der Waals surface area (Å²) in [5.74, 6) is 0.782. The molecule has 0 amide bonds. The van der Waals surface area contributed by atoms with E-state index in [2.05, 4.69) is 10.3 Å². The number of para-hydroxylation sites is 1. The van der Waals surface area contributed by atoms with Crippen LogP contribution < -0.4 is 10.1 Å². The fraction of sp³-hybridized carbons (Fsp3) is 0.312. The van der Waals surface area contributed by atoms with Gasteiger partial charge in [0.1, 0.15) is 11.6 Å². The van der Waals surface area contributed by atoms with Gasteiger partial charge in [-0.15, -0.1) is 0 Å². The van der Waals surface area contributed by atoms with Crippen LogP contribution in [0.2, 0.25) is 0 Å². The number of fused-ring (bicyclic) bond motifs is 1. The second-order valence-corrected chi connectivity index (χ2v) is 5.15. The molecule has 1 aliphatic heterocycles. The average molecular weight is 308 g/mol. The topological polar surface area (TPSA) is 34.2 Å². The number of anilines is 1. The van der Waals surface area contributed by atoms with E-state index in [4.69, 9.17) is 4.74 Å². The molecule has 2 heterocycles. The first kappa shape index (κ1) is 14.7. The number of aromatic nitrogens is 1. The molecule has 116 valence electrons. The van der Waals surface area contributed by atoms with Crippen LogP contribution in [0.4, 0.5) is 19.0 Å². The van der Waals surface area contributed by atoms with Crippen molar-refractivity contribution in [1.82, 2.24) is 4.98 Å². The number of nitrogens with one attached hydrogen (secondary N) is 1. The van der Waals surface area contributed by atoms with Crippen LogP contribution in [0.25, 0.3) is 0 Å². The highest BCUT2D eigenvalue weighted by Gasteiger charge is 2.34. The van der Waals surface area contributed by atoms with Crippen LogP contribution in [0.5, 0.6) is 5.75 Å². The lowest BCUT2D eigenvalue weighted by molar-refractivity contribution is -0.137. The second-order valence-electron chi connectivity index (χ2n) is 5.15. The Hall–Kier alpha value is -2.24. The molecule has 0 aliphatic carbocycles. The molecule has 3 nitrogen and oxygen atoms in total. The van der Waals surface area contributed by atoms with Crippen LogP contribution >= 0.6 is 0 Å². The van der Waals surface area contributed by atoms with Crippen molar-refractivity contribution in [3.8, 4) is 5.75 Å². The Balaban J connectivity index is 1.77. The standard InChI is InChI=1S/C16H15F3N2O/c17-16(18,19)13-5-3-8-20-15(13)21-10-11-7-9-22-14-6-2-1-4-12(11)14/h1-6,8,11H,7,9-10H2,(H,20,21). The SMILES string of the molecule is FC(F)(F)c1cccnc1NCC1CCOc2ccccc21. The van der Waals surface area contributed by atoms with E-state index in [1.807, 2.05) is 24.3 Å². The molecule has 0 fully saturated rings. The second kappa shape index (κ2) is 5.87. The van der Waals surface area contributed by atoms with Gasteiger partial charge in [0.2, 0.25) is 0 Å². The molecule has 1 aromatic carbocycles. The number of rotatable bonds is 3. The zero-order valence-electron chi connectivity index (χ0n) is 11.7. The molecule has 3 rings (SSSR count). The minimum Gasteiger partial charge on any atom is -0.493 e. The first-order chi connectivity index (χ1) is 10.6. The summed E-state index contributed by atoms with van der Waals surface area (Å²) < 4.78 is 44.4. The normalized spacial score (nSPS) is 17.5. The van der Waals surface area contributed by atoms with Gasteiger partial charge in [-0.3, -0.25) is 0 Å². The van der Waals surface area contributed by atoms with E-state index in [9.17, 15) is 13.2 Å². The summed E-state index contributed by atoms with van der Waals surface area (Å²) in [6, 6.07) is 9.94. The Bertz CT molecular complexity index is 658. The zero-order valence-corrected chi connectivity index (χ0v) is 11.7. The summed E-state index contributed by atoms with van der Waals surface area (Å²) in [6.45, 7) is 0.957. The van der Waals surface area contributed by atoms with Crippen molar-refractivity contribution in [2.24, 2.45) is 0 Å². The fourth-order valence-corrected chi connectivity index (χ4v) is 2.62. The molecule has 1 unspecified atom stereocenters. The minimum atomic E-state index is -4.41. The third-order valence-corrected chi connectivity index (χ3v) is 3.71. The molecule has 1 N–H and O–H groups in total. The molecule has 0 bridgehead atoms. The largest absolute Gasteiger partial charge is 0.493 e. The number of alkyl halides is 3.